The number of anilines is 1. The second-order valence-electron chi connectivity index (χ2n) is 6.18. The fraction of sp³-hybridized carbons (Fsp3) is 0.300. The van der Waals surface area contributed by atoms with Gasteiger partial charge in [0.15, 0.2) is 5.84 Å². The molecule has 28 heavy (non-hydrogen) atoms. The number of halogens is 2. The van der Waals surface area contributed by atoms with E-state index in [0.29, 0.717) is 54.9 Å². The third kappa shape index (κ3) is 4.72. The van der Waals surface area contributed by atoms with Crippen LogP contribution in [0.3, 0.4) is 0 Å². The van der Waals surface area contributed by atoms with Crippen LogP contribution in [0.15, 0.2) is 53.6 Å². The highest BCUT2D eigenvalue weighted by atomic mass is 35.5. The van der Waals surface area contributed by atoms with Crippen molar-refractivity contribution in [3.05, 3.63) is 64.9 Å². The minimum absolute atomic E-state index is 0.333. The van der Waals surface area contributed by atoms with Crippen molar-refractivity contribution < 1.29 is 13.9 Å². The zero-order valence-electron chi connectivity index (χ0n) is 15.6. The highest BCUT2D eigenvalue weighted by Crippen LogP contribution is 2.21. The van der Waals surface area contributed by atoms with Crippen molar-refractivity contribution >= 4 is 29.2 Å². The molecule has 1 aliphatic heterocycles. The first-order valence-corrected chi connectivity index (χ1v) is 9.47. The standard InChI is InChI=1S/C20H22ClFN4O2/c1-2-28-20(27)26-13-11-25(12-14-26)19(15-7-3-5-9-17(15)22)24-23-18-10-6-4-8-16(18)21/h3-10,23H,2,11-14H2,1H3. The molecule has 1 fully saturated rings. The number of carbonyl (C=O) groups is 1. The van der Waals surface area contributed by atoms with E-state index in [9.17, 15) is 9.18 Å². The summed E-state index contributed by atoms with van der Waals surface area (Å²) in [6, 6.07) is 13.7. The number of nitrogens with one attached hydrogen (secondary N) is 1. The highest BCUT2D eigenvalue weighted by Gasteiger charge is 2.26. The number of hydrazone groups is 1. The quantitative estimate of drug-likeness (QED) is 0.475. The number of rotatable bonds is 4. The molecule has 0 radical (unpaired) electrons. The average Bonchev–Trinajstić information content (AvgIpc) is 2.71. The lowest BCUT2D eigenvalue weighted by Crippen LogP contribution is -2.51. The van der Waals surface area contributed by atoms with Crippen LogP contribution in [0.25, 0.3) is 0 Å². The van der Waals surface area contributed by atoms with E-state index in [1.165, 1.54) is 6.07 Å². The predicted molar refractivity (Wildman–Crippen MR) is 108 cm³/mol. The number of hydrogen-bond donors (Lipinski definition) is 1. The SMILES string of the molecule is CCOC(=O)N1CCN(C(=NNc2ccccc2Cl)c2ccccc2F)CC1. The van der Waals surface area contributed by atoms with Gasteiger partial charge in [-0.2, -0.15) is 5.10 Å². The molecule has 0 saturated carbocycles. The fourth-order valence-electron chi connectivity index (χ4n) is 2.92. The summed E-state index contributed by atoms with van der Waals surface area (Å²) in [6.07, 6.45) is -0.333. The van der Waals surface area contributed by atoms with Gasteiger partial charge in [0.2, 0.25) is 0 Å². The molecule has 1 amide bonds. The Labute approximate surface area is 168 Å². The normalized spacial score (nSPS) is 14.8. The number of benzene rings is 2. The van der Waals surface area contributed by atoms with Crippen LogP contribution in [0.1, 0.15) is 12.5 Å². The van der Waals surface area contributed by atoms with E-state index in [2.05, 4.69) is 10.5 Å². The van der Waals surface area contributed by atoms with Crippen LogP contribution in [0, 0.1) is 5.82 Å². The van der Waals surface area contributed by atoms with Crippen molar-refractivity contribution in [1.29, 1.82) is 0 Å². The molecule has 2 aromatic rings. The summed E-state index contributed by atoms with van der Waals surface area (Å²) in [6.45, 7) is 4.07. The number of ether oxygens (including phenoxy) is 1. The molecule has 0 aromatic heterocycles. The zero-order valence-corrected chi connectivity index (χ0v) is 16.3. The van der Waals surface area contributed by atoms with Gasteiger partial charge in [0, 0.05) is 26.2 Å². The van der Waals surface area contributed by atoms with E-state index in [4.69, 9.17) is 16.3 Å². The number of piperazine rings is 1. The maximum absolute atomic E-state index is 14.5. The Morgan fingerprint density at radius 2 is 1.75 bits per heavy atom. The van der Waals surface area contributed by atoms with E-state index in [1.807, 2.05) is 17.0 Å². The second-order valence-corrected chi connectivity index (χ2v) is 6.59. The molecular formula is C20H22ClFN4O2. The van der Waals surface area contributed by atoms with Crippen molar-refractivity contribution in [3.8, 4) is 0 Å². The minimum atomic E-state index is -0.366. The molecule has 1 aliphatic rings. The van der Waals surface area contributed by atoms with Gasteiger partial charge >= 0.3 is 6.09 Å². The van der Waals surface area contributed by atoms with E-state index < -0.39 is 0 Å². The summed E-state index contributed by atoms with van der Waals surface area (Å²) < 4.78 is 19.5. The van der Waals surface area contributed by atoms with Crippen LogP contribution in [0.2, 0.25) is 5.02 Å². The van der Waals surface area contributed by atoms with Gasteiger partial charge < -0.3 is 14.5 Å². The second kappa shape index (κ2) is 9.41. The lowest BCUT2D eigenvalue weighted by Gasteiger charge is -2.35. The number of amidine groups is 1. The zero-order chi connectivity index (χ0) is 19.9. The lowest BCUT2D eigenvalue weighted by atomic mass is 10.1. The van der Waals surface area contributed by atoms with Crippen molar-refractivity contribution in [2.45, 2.75) is 6.92 Å². The van der Waals surface area contributed by atoms with E-state index in [0.717, 1.165) is 0 Å². The summed E-state index contributed by atoms with van der Waals surface area (Å²) in [4.78, 5) is 15.5. The highest BCUT2D eigenvalue weighted by molar-refractivity contribution is 6.33. The lowest BCUT2D eigenvalue weighted by molar-refractivity contribution is 0.0920. The Hall–Kier alpha value is -2.80. The monoisotopic (exact) mass is 404 g/mol. The topological polar surface area (TPSA) is 57.2 Å². The summed E-state index contributed by atoms with van der Waals surface area (Å²) in [5, 5.41) is 4.97. The Kier molecular flexibility index (Phi) is 6.71. The molecule has 1 N–H and O–H groups in total. The number of nitrogens with zero attached hydrogens (tertiary/aromatic N) is 3. The van der Waals surface area contributed by atoms with Gasteiger partial charge in [-0.25, -0.2) is 9.18 Å². The Bertz CT molecular complexity index is 854. The van der Waals surface area contributed by atoms with Crippen LogP contribution in [-0.2, 0) is 4.74 Å². The smallest absolute Gasteiger partial charge is 0.409 e. The first-order valence-electron chi connectivity index (χ1n) is 9.10. The summed E-state index contributed by atoms with van der Waals surface area (Å²) >= 11 is 6.18. The molecule has 6 nitrogen and oxygen atoms in total. The molecular weight excluding hydrogens is 383 g/mol. The van der Waals surface area contributed by atoms with Crippen molar-refractivity contribution in [3.63, 3.8) is 0 Å². The molecule has 148 valence electrons. The summed E-state index contributed by atoms with van der Waals surface area (Å²) in [5.74, 6) is 0.0940. The van der Waals surface area contributed by atoms with Crippen LogP contribution < -0.4 is 5.43 Å². The van der Waals surface area contributed by atoms with Gasteiger partial charge in [0.05, 0.1) is 22.9 Å². The minimum Gasteiger partial charge on any atom is -0.450 e. The third-order valence-electron chi connectivity index (χ3n) is 4.38. The molecule has 1 saturated heterocycles. The number of carbonyl (C=O) groups excluding carboxylic acids is 1. The van der Waals surface area contributed by atoms with Gasteiger partial charge in [-0.1, -0.05) is 35.9 Å². The molecule has 8 heteroatoms. The third-order valence-corrected chi connectivity index (χ3v) is 4.71. The van der Waals surface area contributed by atoms with E-state index in [-0.39, 0.29) is 11.9 Å². The largest absolute Gasteiger partial charge is 0.450 e. The number of amides is 1. The van der Waals surface area contributed by atoms with Gasteiger partial charge in [0.1, 0.15) is 5.82 Å². The molecule has 0 unspecified atom stereocenters. The maximum Gasteiger partial charge on any atom is 0.409 e. The Balaban J connectivity index is 1.82. The van der Waals surface area contributed by atoms with Crippen molar-refractivity contribution in [2.24, 2.45) is 5.10 Å². The van der Waals surface area contributed by atoms with Crippen molar-refractivity contribution in [2.75, 3.05) is 38.2 Å². The van der Waals surface area contributed by atoms with Gasteiger partial charge in [0.25, 0.3) is 0 Å². The van der Waals surface area contributed by atoms with Gasteiger partial charge in [-0.3, -0.25) is 5.43 Å². The van der Waals surface area contributed by atoms with Crippen molar-refractivity contribution in [1.82, 2.24) is 9.80 Å². The predicted octanol–water partition coefficient (Wildman–Crippen LogP) is 4.03. The fourth-order valence-corrected chi connectivity index (χ4v) is 3.10. The number of hydrogen-bond acceptors (Lipinski definition) is 4. The first kappa shape index (κ1) is 19.9. The molecule has 2 aromatic carbocycles. The van der Waals surface area contributed by atoms with Crippen LogP contribution >= 0.6 is 11.6 Å². The molecule has 0 aliphatic carbocycles. The van der Waals surface area contributed by atoms with E-state index in [1.54, 1.807) is 42.2 Å². The Morgan fingerprint density at radius 1 is 1.11 bits per heavy atom. The summed E-state index contributed by atoms with van der Waals surface area (Å²) in [5.41, 5.74) is 3.94. The van der Waals surface area contributed by atoms with Crippen LogP contribution in [0.5, 0.6) is 0 Å². The van der Waals surface area contributed by atoms with Crippen LogP contribution in [0.4, 0.5) is 14.9 Å². The maximum atomic E-state index is 14.5. The molecule has 1 heterocycles. The van der Waals surface area contributed by atoms with Crippen LogP contribution in [-0.4, -0.2) is 54.5 Å². The molecule has 0 bridgehead atoms. The first-order chi connectivity index (χ1) is 13.6. The molecule has 0 spiro atoms. The Morgan fingerprint density at radius 3 is 2.43 bits per heavy atom. The van der Waals surface area contributed by atoms with Gasteiger partial charge in [-0.05, 0) is 31.2 Å². The molecule has 3 rings (SSSR count). The van der Waals surface area contributed by atoms with Gasteiger partial charge in [-0.15, -0.1) is 0 Å². The average molecular weight is 405 g/mol. The number of para-hydroxylation sites is 1. The molecule has 0 atom stereocenters. The van der Waals surface area contributed by atoms with E-state index >= 15 is 0 Å². The summed E-state index contributed by atoms with van der Waals surface area (Å²) in [7, 11) is 0.